The third kappa shape index (κ3) is 3.72. The van der Waals surface area contributed by atoms with Crippen molar-refractivity contribution in [2.24, 2.45) is 0 Å². The first-order chi connectivity index (χ1) is 11.5. The van der Waals surface area contributed by atoms with Crippen LogP contribution in [0.5, 0.6) is 0 Å². The molecular formula is C18H23N3O3. The Hall–Kier alpha value is -2.44. The highest BCUT2D eigenvalue weighted by atomic mass is 16.3. The van der Waals surface area contributed by atoms with Crippen LogP contribution in [0, 0.1) is 0 Å². The lowest BCUT2D eigenvalue weighted by Gasteiger charge is -2.20. The van der Waals surface area contributed by atoms with Crippen LogP contribution in [0.4, 0.5) is 0 Å². The third-order valence-electron chi connectivity index (χ3n) is 3.94. The molecule has 0 fully saturated rings. The molecule has 0 saturated heterocycles. The van der Waals surface area contributed by atoms with E-state index in [9.17, 15) is 14.7 Å². The highest BCUT2D eigenvalue weighted by molar-refractivity contribution is 5.94. The van der Waals surface area contributed by atoms with Crippen molar-refractivity contribution in [3.63, 3.8) is 0 Å². The second kappa shape index (κ2) is 7.90. The number of nitrogens with one attached hydrogen (secondary N) is 2. The molecule has 0 aliphatic carbocycles. The van der Waals surface area contributed by atoms with Gasteiger partial charge in [0.05, 0.1) is 17.2 Å². The fourth-order valence-electron chi connectivity index (χ4n) is 2.54. The van der Waals surface area contributed by atoms with Crippen LogP contribution < -0.4 is 16.2 Å². The molecule has 2 rings (SSSR count). The summed E-state index contributed by atoms with van der Waals surface area (Å²) in [6, 6.07) is 10.7. The molecule has 0 radical (unpaired) electrons. The topological polar surface area (TPSA) is 83.4 Å². The summed E-state index contributed by atoms with van der Waals surface area (Å²) in [4.78, 5) is 24.9. The number of hydrogen-bond donors (Lipinski definition) is 3. The summed E-state index contributed by atoms with van der Waals surface area (Å²) in [6.07, 6.45) is 0.401. The van der Waals surface area contributed by atoms with Crippen molar-refractivity contribution in [2.75, 3.05) is 13.6 Å². The average molecular weight is 329 g/mol. The van der Waals surface area contributed by atoms with E-state index in [1.54, 1.807) is 7.05 Å². The van der Waals surface area contributed by atoms with Gasteiger partial charge < -0.3 is 15.0 Å². The van der Waals surface area contributed by atoms with Gasteiger partial charge in [0.1, 0.15) is 6.23 Å². The number of carbonyl (C=O) groups is 1. The Morgan fingerprint density at radius 2 is 1.96 bits per heavy atom. The van der Waals surface area contributed by atoms with Crippen molar-refractivity contribution in [1.29, 1.82) is 0 Å². The van der Waals surface area contributed by atoms with E-state index in [0.29, 0.717) is 12.1 Å². The van der Waals surface area contributed by atoms with Crippen LogP contribution in [-0.4, -0.2) is 29.2 Å². The average Bonchev–Trinajstić information content (AvgIpc) is 2.61. The molecule has 0 aliphatic heterocycles. The third-order valence-corrected chi connectivity index (χ3v) is 3.94. The lowest BCUT2D eigenvalue weighted by atomic mass is 10.1. The van der Waals surface area contributed by atoms with Crippen LogP contribution in [0.15, 0.2) is 47.4 Å². The number of carbonyl (C=O) groups excluding carboxylic acids is 1. The lowest BCUT2D eigenvalue weighted by Crippen LogP contribution is -2.34. The number of nitrogens with zero attached hydrogens (tertiary/aromatic N) is 1. The second-order valence-electron chi connectivity index (χ2n) is 5.53. The number of pyridine rings is 1. The Morgan fingerprint density at radius 1 is 1.29 bits per heavy atom. The minimum atomic E-state index is -1.14. The SMILES string of the molecule is CCNC(=O)c1cc(C(O)NC)c(=O)n([C@H](C)c2ccccc2)c1. The van der Waals surface area contributed by atoms with Crippen LogP contribution >= 0.6 is 0 Å². The van der Waals surface area contributed by atoms with E-state index in [0.717, 1.165) is 5.56 Å². The van der Waals surface area contributed by atoms with Crippen LogP contribution in [0.25, 0.3) is 0 Å². The zero-order valence-electron chi connectivity index (χ0n) is 14.1. The van der Waals surface area contributed by atoms with Crippen molar-refractivity contribution in [3.05, 3.63) is 69.6 Å². The van der Waals surface area contributed by atoms with Crippen LogP contribution in [0.3, 0.4) is 0 Å². The van der Waals surface area contributed by atoms with E-state index in [2.05, 4.69) is 10.6 Å². The molecule has 24 heavy (non-hydrogen) atoms. The Balaban J connectivity index is 2.59. The van der Waals surface area contributed by atoms with Crippen LogP contribution in [0.2, 0.25) is 0 Å². The molecule has 1 unspecified atom stereocenters. The molecule has 3 N–H and O–H groups in total. The van der Waals surface area contributed by atoms with Gasteiger partial charge >= 0.3 is 0 Å². The van der Waals surface area contributed by atoms with Crippen molar-refractivity contribution in [1.82, 2.24) is 15.2 Å². The maximum absolute atomic E-state index is 12.7. The monoisotopic (exact) mass is 329 g/mol. The van der Waals surface area contributed by atoms with E-state index < -0.39 is 6.23 Å². The van der Waals surface area contributed by atoms with E-state index in [-0.39, 0.29) is 23.1 Å². The zero-order valence-corrected chi connectivity index (χ0v) is 14.1. The zero-order chi connectivity index (χ0) is 17.7. The summed E-state index contributed by atoms with van der Waals surface area (Å²) >= 11 is 0. The first kappa shape index (κ1) is 17.9. The number of rotatable bonds is 6. The first-order valence-corrected chi connectivity index (χ1v) is 7.94. The fourth-order valence-corrected chi connectivity index (χ4v) is 2.54. The van der Waals surface area contributed by atoms with Crippen LogP contribution in [-0.2, 0) is 0 Å². The molecule has 0 aliphatic rings. The summed E-state index contributed by atoms with van der Waals surface area (Å²) in [5, 5.41) is 15.4. The summed E-state index contributed by atoms with van der Waals surface area (Å²) in [5.74, 6) is -0.281. The van der Waals surface area contributed by atoms with Gasteiger partial charge in [-0.3, -0.25) is 14.9 Å². The molecule has 6 nitrogen and oxygen atoms in total. The summed E-state index contributed by atoms with van der Waals surface area (Å²) < 4.78 is 1.48. The van der Waals surface area contributed by atoms with Gasteiger partial charge in [-0.1, -0.05) is 30.3 Å². The lowest BCUT2D eigenvalue weighted by molar-refractivity contribution is 0.0954. The summed E-state index contributed by atoms with van der Waals surface area (Å²) in [6.45, 7) is 4.19. The van der Waals surface area contributed by atoms with E-state index in [1.165, 1.54) is 16.8 Å². The van der Waals surface area contributed by atoms with Crippen molar-refractivity contribution >= 4 is 5.91 Å². The van der Waals surface area contributed by atoms with Gasteiger partial charge in [0.25, 0.3) is 11.5 Å². The first-order valence-electron chi connectivity index (χ1n) is 7.94. The second-order valence-corrected chi connectivity index (χ2v) is 5.53. The van der Waals surface area contributed by atoms with Gasteiger partial charge in [-0.25, -0.2) is 0 Å². The molecule has 6 heteroatoms. The van der Waals surface area contributed by atoms with Crippen molar-refractivity contribution in [2.45, 2.75) is 26.1 Å². The Labute approximate surface area is 141 Å². The van der Waals surface area contributed by atoms with Gasteiger partial charge in [-0.05, 0) is 32.5 Å². The number of aliphatic hydroxyl groups excluding tert-OH is 1. The smallest absolute Gasteiger partial charge is 0.258 e. The Morgan fingerprint density at radius 3 is 2.54 bits per heavy atom. The van der Waals surface area contributed by atoms with Gasteiger partial charge in [-0.2, -0.15) is 0 Å². The maximum Gasteiger partial charge on any atom is 0.258 e. The minimum Gasteiger partial charge on any atom is -0.374 e. The van der Waals surface area contributed by atoms with Crippen LogP contribution in [0.1, 0.15) is 47.6 Å². The van der Waals surface area contributed by atoms with E-state index >= 15 is 0 Å². The molecule has 2 atom stereocenters. The molecule has 0 spiro atoms. The summed E-state index contributed by atoms with van der Waals surface area (Å²) in [7, 11) is 1.55. The molecule has 1 heterocycles. The Kier molecular flexibility index (Phi) is 5.89. The Bertz CT molecular complexity index is 756. The van der Waals surface area contributed by atoms with Gasteiger partial charge in [-0.15, -0.1) is 0 Å². The molecular weight excluding hydrogens is 306 g/mol. The molecule has 1 aromatic heterocycles. The number of aliphatic hydroxyl groups is 1. The number of amides is 1. The molecule has 0 saturated carbocycles. The molecule has 1 aromatic carbocycles. The minimum absolute atomic E-state index is 0.143. The quantitative estimate of drug-likeness (QED) is 0.700. The summed E-state index contributed by atoms with van der Waals surface area (Å²) in [5.41, 5.74) is 1.09. The fraction of sp³-hybridized carbons (Fsp3) is 0.333. The van der Waals surface area contributed by atoms with Gasteiger partial charge in [0.2, 0.25) is 0 Å². The molecule has 0 bridgehead atoms. The highest BCUT2D eigenvalue weighted by Crippen LogP contribution is 2.18. The number of hydrogen-bond acceptors (Lipinski definition) is 4. The van der Waals surface area contributed by atoms with E-state index in [4.69, 9.17) is 0 Å². The normalized spacial score (nSPS) is 13.3. The molecule has 1 amide bonds. The molecule has 2 aromatic rings. The highest BCUT2D eigenvalue weighted by Gasteiger charge is 2.19. The van der Waals surface area contributed by atoms with Gasteiger partial charge in [0.15, 0.2) is 0 Å². The van der Waals surface area contributed by atoms with Crippen molar-refractivity contribution < 1.29 is 9.90 Å². The number of benzene rings is 1. The maximum atomic E-state index is 12.7. The van der Waals surface area contributed by atoms with E-state index in [1.807, 2.05) is 44.2 Å². The number of aromatic nitrogens is 1. The standard InChI is InChI=1S/C18H23N3O3/c1-4-20-16(22)14-10-15(17(23)19-3)18(24)21(11-14)12(2)13-8-6-5-7-9-13/h5-12,17,19,23H,4H2,1-3H3,(H,20,22)/t12-,17?/m1/s1. The van der Waals surface area contributed by atoms with Gasteiger partial charge in [0, 0.05) is 12.7 Å². The largest absolute Gasteiger partial charge is 0.374 e. The predicted molar refractivity (Wildman–Crippen MR) is 93.0 cm³/mol. The predicted octanol–water partition coefficient (Wildman–Crippen LogP) is 1.42. The molecule has 128 valence electrons. The van der Waals surface area contributed by atoms with Crippen molar-refractivity contribution in [3.8, 4) is 0 Å².